The van der Waals surface area contributed by atoms with Crippen LogP contribution in [-0.4, -0.2) is 36.9 Å². The topological polar surface area (TPSA) is 128 Å². The molecule has 2 aromatic carbocycles. The molecule has 5 rings (SSSR count). The van der Waals surface area contributed by atoms with Gasteiger partial charge in [-0.05, 0) is 42.8 Å². The van der Waals surface area contributed by atoms with E-state index in [1.807, 2.05) is 12.1 Å². The first-order valence-corrected chi connectivity index (χ1v) is 10.9. The smallest absolute Gasteiger partial charge is 0.415 e. The number of nitrogens with one attached hydrogen (secondary N) is 2. The number of nitrogens with zero attached hydrogens (tertiary/aromatic N) is 4. The van der Waals surface area contributed by atoms with Gasteiger partial charge in [-0.2, -0.15) is 18.3 Å². The Labute approximate surface area is 202 Å². The van der Waals surface area contributed by atoms with Crippen molar-refractivity contribution in [1.82, 2.24) is 30.3 Å². The second kappa shape index (κ2) is 8.96. The molecule has 1 atom stereocenters. The lowest BCUT2D eigenvalue weighted by atomic mass is 10.1. The quantitative estimate of drug-likeness (QED) is 0.326. The fraction of sp³-hybridized carbons (Fsp3) is 0.167. The molecule has 3 heterocycles. The van der Waals surface area contributed by atoms with Crippen LogP contribution in [0.2, 0.25) is 0 Å². The highest BCUT2D eigenvalue weighted by molar-refractivity contribution is 5.92. The Hall–Kier alpha value is -4.45. The highest BCUT2D eigenvalue weighted by Gasteiger charge is 2.36. The highest BCUT2D eigenvalue weighted by atomic mass is 19.4. The van der Waals surface area contributed by atoms with E-state index in [1.165, 1.54) is 0 Å². The third-order valence-electron chi connectivity index (χ3n) is 5.50. The van der Waals surface area contributed by atoms with Gasteiger partial charge in [0.25, 0.3) is 5.89 Å². The van der Waals surface area contributed by atoms with Crippen molar-refractivity contribution in [3.8, 4) is 28.7 Å². The summed E-state index contributed by atoms with van der Waals surface area (Å²) in [6.45, 7) is 1.69. The van der Waals surface area contributed by atoms with Gasteiger partial charge in [0, 0.05) is 35.3 Å². The monoisotopic (exact) mass is 495 g/mol. The number of hydrogen-bond acceptors (Lipinski definition) is 6. The Bertz CT molecular complexity index is 1550. The van der Waals surface area contributed by atoms with Crippen LogP contribution in [0.1, 0.15) is 18.2 Å². The minimum atomic E-state index is -4.69. The van der Waals surface area contributed by atoms with Crippen molar-refractivity contribution >= 4 is 16.8 Å². The summed E-state index contributed by atoms with van der Waals surface area (Å²) < 4.78 is 47.7. The van der Waals surface area contributed by atoms with Crippen molar-refractivity contribution in [3.05, 3.63) is 72.1 Å². The van der Waals surface area contributed by atoms with Crippen molar-refractivity contribution in [2.45, 2.75) is 25.7 Å². The Kier molecular flexibility index (Phi) is 5.80. The van der Waals surface area contributed by atoms with E-state index in [1.54, 1.807) is 49.5 Å². The molecule has 0 radical (unpaired) electrons. The summed E-state index contributed by atoms with van der Waals surface area (Å²) in [7, 11) is 0. The largest absolute Gasteiger partial charge is 0.435 e. The summed E-state index contributed by atoms with van der Waals surface area (Å²) in [5, 5.41) is 15.4. The van der Waals surface area contributed by atoms with Crippen LogP contribution >= 0.6 is 0 Å². The number of alkyl halides is 3. The molecule has 9 nitrogen and oxygen atoms in total. The molecule has 184 valence electrons. The SMILES string of the molecule is C[C@H](N)C(=O)NCc1cccc(-n2nc(C(F)(F)F)cc2-c2nnc(-c3cccc4[nH]ccc34)o2)c1. The number of carbonyl (C=O) groups is 1. The minimum absolute atomic E-state index is 0.0286. The maximum Gasteiger partial charge on any atom is 0.435 e. The molecule has 0 bridgehead atoms. The van der Waals surface area contributed by atoms with Gasteiger partial charge < -0.3 is 20.5 Å². The molecule has 0 aliphatic heterocycles. The first-order valence-electron chi connectivity index (χ1n) is 10.9. The molecule has 0 aliphatic carbocycles. The van der Waals surface area contributed by atoms with Crippen LogP contribution in [0.4, 0.5) is 13.2 Å². The second-order valence-corrected chi connectivity index (χ2v) is 8.16. The van der Waals surface area contributed by atoms with Crippen LogP contribution in [0.5, 0.6) is 0 Å². The number of amides is 1. The van der Waals surface area contributed by atoms with E-state index >= 15 is 0 Å². The second-order valence-electron chi connectivity index (χ2n) is 8.16. The third kappa shape index (κ3) is 4.45. The van der Waals surface area contributed by atoms with Crippen molar-refractivity contribution < 1.29 is 22.4 Å². The number of fused-ring (bicyclic) bond motifs is 1. The fourth-order valence-electron chi connectivity index (χ4n) is 3.72. The van der Waals surface area contributed by atoms with E-state index in [0.717, 1.165) is 21.7 Å². The van der Waals surface area contributed by atoms with Gasteiger partial charge in [0.2, 0.25) is 11.8 Å². The maximum absolute atomic E-state index is 13.6. The van der Waals surface area contributed by atoms with Gasteiger partial charge in [-0.25, -0.2) is 4.68 Å². The Morgan fingerprint density at radius 1 is 1.14 bits per heavy atom. The summed E-state index contributed by atoms with van der Waals surface area (Å²) in [5.74, 6) is -0.324. The Morgan fingerprint density at radius 2 is 1.92 bits per heavy atom. The van der Waals surface area contributed by atoms with E-state index in [4.69, 9.17) is 10.2 Å². The van der Waals surface area contributed by atoms with Crippen LogP contribution in [-0.2, 0) is 17.5 Å². The van der Waals surface area contributed by atoms with Crippen LogP contribution in [0, 0.1) is 0 Å². The molecule has 3 aromatic heterocycles. The molecular formula is C24H20F3N7O2. The molecular weight excluding hydrogens is 475 g/mol. The van der Waals surface area contributed by atoms with Gasteiger partial charge in [-0.15, -0.1) is 10.2 Å². The molecule has 36 heavy (non-hydrogen) atoms. The van der Waals surface area contributed by atoms with Crippen LogP contribution in [0.3, 0.4) is 0 Å². The van der Waals surface area contributed by atoms with Gasteiger partial charge in [0.05, 0.1) is 11.7 Å². The lowest BCUT2D eigenvalue weighted by molar-refractivity contribution is -0.141. The van der Waals surface area contributed by atoms with E-state index in [-0.39, 0.29) is 29.9 Å². The average molecular weight is 495 g/mol. The standard InChI is InChI=1S/C24H20F3N7O2/c1-13(28)21(35)30-12-14-4-2-5-15(10-14)34-19(11-20(33-34)24(25,26)27)23-32-31-22(36-23)17-6-3-7-18-16(17)8-9-29-18/h2-11,13,29H,12,28H2,1H3,(H,30,35)/t13-/m0/s1. The lowest BCUT2D eigenvalue weighted by Crippen LogP contribution is -2.37. The third-order valence-corrected chi connectivity index (χ3v) is 5.50. The summed E-state index contributed by atoms with van der Waals surface area (Å²) >= 11 is 0. The Balaban J connectivity index is 1.55. The zero-order chi connectivity index (χ0) is 25.4. The average Bonchev–Trinajstić information content (AvgIpc) is 3.60. The zero-order valence-electron chi connectivity index (χ0n) is 18.9. The first-order chi connectivity index (χ1) is 17.2. The lowest BCUT2D eigenvalue weighted by Gasteiger charge is -2.10. The molecule has 0 spiro atoms. The zero-order valence-corrected chi connectivity index (χ0v) is 18.9. The van der Waals surface area contributed by atoms with E-state index in [9.17, 15) is 18.0 Å². The van der Waals surface area contributed by atoms with Gasteiger partial charge in [0.15, 0.2) is 5.69 Å². The summed E-state index contributed by atoms with van der Waals surface area (Å²) in [6.07, 6.45) is -2.93. The minimum Gasteiger partial charge on any atom is -0.415 e. The highest BCUT2D eigenvalue weighted by Crippen LogP contribution is 2.34. The number of hydrogen-bond donors (Lipinski definition) is 3. The van der Waals surface area contributed by atoms with Crippen molar-refractivity contribution in [2.75, 3.05) is 0 Å². The van der Waals surface area contributed by atoms with E-state index < -0.39 is 17.9 Å². The number of aromatic nitrogens is 5. The van der Waals surface area contributed by atoms with Gasteiger partial charge in [-0.1, -0.05) is 18.2 Å². The molecule has 0 saturated carbocycles. The number of rotatable bonds is 6. The van der Waals surface area contributed by atoms with Crippen LogP contribution in [0.25, 0.3) is 39.6 Å². The molecule has 0 saturated heterocycles. The fourth-order valence-corrected chi connectivity index (χ4v) is 3.72. The molecule has 1 amide bonds. The van der Waals surface area contributed by atoms with Crippen LogP contribution in [0.15, 0.2) is 65.2 Å². The normalized spacial score (nSPS) is 12.7. The van der Waals surface area contributed by atoms with Crippen LogP contribution < -0.4 is 11.1 Å². The van der Waals surface area contributed by atoms with Gasteiger partial charge in [-0.3, -0.25) is 4.79 Å². The maximum atomic E-state index is 13.6. The van der Waals surface area contributed by atoms with E-state index in [2.05, 4.69) is 25.6 Å². The summed E-state index contributed by atoms with van der Waals surface area (Å²) in [5.41, 5.74) is 6.87. The number of halogens is 3. The summed E-state index contributed by atoms with van der Waals surface area (Å²) in [4.78, 5) is 14.9. The van der Waals surface area contributed by atoms with Gasteiger partial charge >= 0.3 is 6.18 Å². The number of aromatic amines is 1. The van der Waals surface area contributed by atoms with Crippen molar-refractivity contribution in [1.29, 1.82) is 0 Å². The molecule has 0 aliphatic rings. The van der Waals surface area contributed by atoms with Crippen molar-refractivity contribution in [2.24, 2.45) is 5.73 Å². The van der Waals surface area contributed by atoms with Crippen molar-refractivity contribution in [3.63, 3.8) is 0 Å². The molecule has 0 unspecified atom stereocenters. The predicted octanol–water partition coefficient (Wildman–Crippen LogP) is 4.05. The van der Waals surface area contributed by atoms with E-state index in [0.29, 0.717) is 16.8 Å². The first kappa shape index (κ1) is 23.3. The number of nitrogens with two attached hydrogens (primary N) is 1. The molecule has 5 aromatic rings. The molecule has 12 heteroatoms. The number of H-pyrrole nitrogens is 1. The number of benzene rings is 2. The summed E-state index contributed by atoms with van der Waals surface area (Å²) in [6, 6.07) is 14.0. The van der Waals surface area contributed by atoms with Gasteiger partial charge in [0.1, 0.15) is 5.69 Å². The predicted molar refractivity (Wildman–Crippen MR) is 125 cm³/mol. The molecule has 0 fully saturated rings. The molecule has 4 N–H and O–H groups in total. The number of carbonyl (C=O) groups excluding carboxylic acids is 1. The Morgan fingerprint density at radius 3 is 2.69 bits per heavy atom.